The molecule has 4 rings (SSSR count). The van der Waals surface area contributed by atoms with Gasteiger partial charge in [-0.15, -0.1) is 0 Å². The molecule has 0 bridgehead atoms. The molecular formula is C35H51ClN8O. The largest absolute Gasteiger partial charge is 0.370 e. The first-order valence-electron chi connectivity index (χ1n) is 15.7. The molecule has 244 valence electrons. The van der Waals surface area contributed by atoms with E-state index in [-0.39, 0.29) is 22.5 Å². The molecule has 2 heterocycles. The van der Waals surface area contributed by atoms with Gasteiger partial charge in [0.1, 0.15) is 5.65 Å². The number of nitrogens with one attached hydrogen (secondary N) is 2. The lowest BCUT2D eigenvalue weighted by Gasteiger charge is -2.20. The summed E-state index contributed by atoms with van der Waals surface area (Å²) < 4.78 is 1.58. The summed E-state index contributed by atoms with van der Waals surface area (Å²) in [5.74, 6) is 0.123. The fraction of sp³-hybridized carbons (Fsp3) is 0.457. The molecular weight excluding hydrogens is 584 g/mol. The van der Waals surface area contributed by atoms with Crippen molar-refractivity contribution in [1.29, 1.82) is 0 Å². The molecule has 2 aromatic carbocycles. The Bertz CT molecular complexity index is 1600. The highest BCUT2D eigenvalue weighted by Gasteiger charge is 2.18. The van der Waals surface area contributed by atoms with E-state index in [4.69, 9.17) is 28.8 Å². The minimum Gasteiger partial charge on any atom is -0.370 e. The zero-order chi connectivity index (χ0) is 33.2. The second kappa shape index (κ2) is 16.1. The topological polar surface area (TPSA) is 153 Å². The van der Waals surface area contributed by atoms with Crippen LogP contribution in [0.5, 0.6) is 0 Å². The van der Waals surface area contributed by atoms with Gasteiger partial charge in [0.25, 0.3) is 0 Å². The summed E-state index contributed by atoms with van der Waals surface area (Å²) in [6.45, 7) is 16.0. The van der Waals surface area contributed by atoms with Gasteiger partial charge in [-0.25, -0.2) is 4.79 Å². The molecule has 45 heavy (non-hydrogen) atoms. The Morgan fingerprint density at radius 1 is 0.978 bits per heavy atom. The zero-order valence-corrected chi connectivity index (χ0v) is 28.5. The first kappa shape index (κ1) is 35.8. The van der Waals surface area contributed by atoms with Crippen LogP contribution in [0.15, 0.2) is 64.5 Å². The lowest BCUT2D eigenvalue weighted by Crippen LogP contribution is -2.23. The number of aliphatic imine (C=N–C) groups is 1. The molecule has 9 nitrogen and oxygen atoms in total. The zero-order valence-electron chi connectivity index (χ0n) is 27.7. The van der Waals surface area contributed by atoms with E-state index < -0.39 is 0 Å². The van der Waals surface area contributed by atoms with E-state index >= 15 is 0 Å². The van der Waals surface area contributed by atoms with E-state index in [2.05, 4.69) is 80.0 Å². The molecule has 0 aliphatic heterocycles. The first-order chi connectivity index (χ1) is 21.2. The molecule has 0 aliphatic carbocycles. The molecule has 8 N–H and O–H groups in total. The molecule has 0 fully saturated rings. The second-order valence-electron chi connectivity index (χ2n) is 13.4. The number of nitrogens with two attached hydrogens (primary N) is 3. The number of guanidine groups is 1. The van der Waals surface area contributed by atoms with Crippen molar-refractivity contribution in [3.63, 3.8) is 0 Å². The van der Waals surface area contributed by atoms with Crippen molar-refractivity contribution in [2.75, 3.05) is 19.6 Å². The summed E-state index contributed by atoms with van der Waals surface area (Å²) in [4.78, 5) is 23.9. The molecule has 0 radical (unpaired) electrons. The quantitative estimate of drug-likeness (QED) is 0.0812. The van der Waals surface area contributed by atoms with Crippen LogP contribution >= 0.6 is 11.6 Å². The van der Waals surface area contributed by atoms with Crippen LogP contribution in [0.4, 0.5) is 0 Å². The van der Waals surface area contributed by atoms with Crippen molar-refractivity contribution in [2.24, 2.45) is 22.2 Å². The number of fused-ring (bicyclic) bond motifs is 1. The third-order valence-corrected chi connectivity index (χ3v) is 7.85. The number of hydrogen-bond acceptors (Lipinski definition) is 5. The third kappa shape index (κ3) is 11.0. The van der Waals surface area contributed by atoms with Crippen molar-refractivity contribution >= 4 is 28.6 Å². The Morgan fingerprint density at radius 2 is 1.69 bits per heavy atom. The molecule has 0 amide bonds. The summed E-state index contributed by atoms with van der Waals surface area (Å²) in [5, 5.41) is 5.15. The van der Waals surface area contributed by atoms with Gasteiger partial charge in [0.2, 0.25) is 0 Å². The lowest BCUT2D eigenvalue weighted by atomic mass is 9.86. The minimum absolute atomic E-state index is 0.0352. The number of nitrogens with zero attached hydrogens (tertiary/aromatic N) is 3. The van der Waals surface area contributed by atoms with Crippen LogP contribution in [0.25, 0.3) is 16.7 Å². The second-order valence-corrected chi connectivity index (χ2v) is 13.8. The monoisotopic (exact) mass is 634 g/mol. The van der Waals surface area contributed by atoms with E-state index in [1.807, 2.05) is 36.5 Å². The van der Waals surface area contributed by atoms with Gasteiger partial charge in [0.15, 0.2) is 5.96 Å². The van der Waals surface area contributed by atoms with Crippen molar-refractivity contribution < 1.29 is 0 Å². The number of benzene rings is 2. The number of halogens is 1. The average Bonchev–Trinajstić information content (AvgIpc) is 3.39. The molecule has 0 unspecified atom stereocenters. The average molecular weight is 635 g/mol. The van der Waals surface area contributed by atoms with Crippen LogP contribution in [-0.2, 0) is 23.8 Å². The summed E-state index contributed by atoms with van der Waals surface area (Å²) in [6.07, 6.45) is 5.91. The van der Waals surface area contributed by atoms with E-state index in [9.17, 15) is 4.79 Å². The van der Waals surface area contributed by atoms with Gasteiger partial charge in [0, 0.05) is 40.8 Å². The normalized spacial score (nSPS) is 11.7. The Balaban J connectivity index is 0.000000292. The molecule has 10 heteroatoms. The molecule has 2 aromatic heterocycles. The van der Waals surface area contributed by atoms with Crippen molar-refractivity contribution in [1.82, 2.24) is 19.9 Å². The fourth-order valence-electron chi connectivity index (χ4n) is 4.70. The Morgan fingerprint density at radius 3 is 2.31 bits per heavy atom. The van der Waals surface area contributed by atoms with Crippen LogP contribution in [0.1, 0.15) is 83.2 Å². The fourth-order valence-corrected chi connectivity index (χ4v) is 4.91. The highest BCUT2D eigenvalue weighted by Crippen LogP contribution is 2.28. The number of aromatic amines is 1. The van der Waals surface area contributed by atoms with Crippen molar-refractivity contribution in [2.45, 2.75) is 84.6 Å². The van der Waals surface area contributed by atoms with Gasteiger partial charge in [-0.05, 0) is 85.1 Å². The first-order valence-corrected chi connectivity index (χ1v) is 16.0. The maximum Gasteiger partial charge on any atom is 0.354 e. The van der Waals surface area contributed by atoms with Gasteiger partial charge in [0.05, 0.1) is 5.69 Å². The highest BCUT2D eigenvalue weighted by molar-refractivity contribution is 6.31. The predicted octanol–water partition coefficient (Wildman–Crippen LogP) is 5.68. The van der Waals surface area contributed by atoms with Gasteiger partial charge in [-0.1, -0.05) is 77.4 Å². The van der Waals surface area contributed by atoms with Crippen LogP contribution in [0.3, 0.4) is 0 Å². The van der Waals surface area contributed by atoms with Crippen LogP contribution in [-0.4, -0.2) is 40.1 Å². The maximum atomic E-state index is 12.5. The van der Waals surface area contributed by atoms with Gasteiger partial charge < -0.3 is 27.5 Å². The SMILES string of the molecule is CC(C)(C)c1cc2cn(-c3ccc(CNCCCN=C(N)N)cc3)c(=O)nc2[nH]1.CC(C)(C)c1ccc(Cl)c(CCCCN)c1. The highest BCUT2D eigenvalue weighted by atomic mass is 35.5. The molecule has 0 saturated carbocycles. The number of hydrogen-bond donors (Lipinski definition) is 5. The lowest BCUT2D eigenvalue weighted by molar-refractivity contribution is 0.574. The summed E-state index contributed by atoms with van der Waals surface area (Å²) in [6, 6.07) is 16.3. The maximum absolute atomic E-state index is 12.5. The number of aryl methyl sites for hydroxylation is 1. The van der Waals surface area contributed by atoms with Crippen LogP contribution in [0.2, 0.25) is 5.02 Å². The molecule has 0 spiro atoms. The van der Waals surface area contributed by atoms with Gasteiger partial charge >= 0.3 is 5.69 Å². The molecule has 0 atom stereocenters. The van der Waals surface area contributed by atoms with E-state index in [0.717, 1.165) is 72.7 Å². The predicted molar refractivity (Wildman–Crippen MR) is 190 cm³/mol. The number of unbranched alkanes of at least 4 members (excludes halogenated alkanes) is 1. The smallest absolute Gasteiger partial charge is 0.354 e. The summed E-state index contributed by atoms with van der Waals surface area (Å²) in [7, 11) is 0. The number of rotatable bonds is 11. The summed E-state index contributed by atoms with van der Waals surface area (Å²) >= 11 is 6.19. The Hall–Kier alpha value is -3.66. The molecule has 4 aromatic rings. The standard InChI is InChI=1S/C21H29N7O.C14H22ClN/c1-21(2,3)17-11-15-13-28(20(29)27-18(15)26-17)16-7-5-14(6-8-16)12-24-9-4-10-25-19(22)23;1-14(2,3)12-7-8-13(15)11(10-12)6-4-5-9-16/h5-8,11,13,24H,4,9-10,12H2,1-3H3,(H4,22,23,25)(H,26,27,29);7-8,10H,4-6,9,16H2,1-3H3. The van der Waals surface area contributed by atoms with E-state index in [1.54, 1.807) is 4.57 Å². The third-order valence-electron chi connectivity index (χ3n) is 7.48. The van der Waals surface area contributed by atoms with Crippen LogP contribution in [0, 0.1) is 0 Å². The van der Waals surface area contributed by atoms with E-state index in [1.165, 1.54) is 11.1 Å². The van der Waals surface area contributed by atoms with Gasteiger partial charge in [-0.2, -0.15) is 4.98 Å². The van der Waals surface area contributed by atoms with Crippen molar-refractivity contribution in [3.05, 3.63) is 92.6 Å². The van der Waals surface area contributed by atoms with Crippen molar-refractivity contribution in [3.8, 4) is 5.69 Å². The van der Waals surface area contributed by atoms with E-state index in [0.29, 0.717) is 12.2 Å². The Kier molecular flexibility index (Phi) is 12.8. The Labute approximate surface area is 272 Å². The van der Waals surface area contributed by atoms with Gasteiger partial charge in [-0.3, -0.25) is 9.56 Å². The summed E-state index contributed by atoms with van der Waals surface area (Å²) in [5.41, 5.74) is 22.1. The number of aromatic nitrogens is 3. The number of H-pyrrole nitrogens is 1. The van der Waals surface area contributed by atoms with Crippen LogP contribution < -0.4 is 28.2 Å². The molecule has 0 aliphatic rings. The molecule has 0 saturated heterocycles. The minimum atomic E-state index is -0.301.